The van der Waals surface area contributed by atoms with Crippen LogP contribution >= 0.6 is 0 Å². The van der Waals surface area contributed by atoms with Gasteiger partial charge in [0, 0.05) is 18.7 Å². The van der Waals surface area contributed by atoms with Crippen molar-refractivity contribution in [2.75, 3.05) is 37.2 Å². The minimum atomic E-state index is -0.392. The van der Waals surface area contributed by atoms with Crippen LogP contribution in [-0.2, 0) is 0 Å². The molecular formula is C24H25F2N7. The van der Waals surface area contributed by atoms with Gasteiger partial charge in [0.1, 0.15) is 17.5 Å². The monoisotopic (exact) mass is 449 g/mol. The lowest BCUT2D eigenvalue weighted by Crippen LogP contribution is -2.33. The lowest BCUT2D eigenvalue weighted by molar-refractivity contribution is 0.237. The summed E-state index contributed by atoms with van der Waals surface area (Å²) in [5.41, 5.74) is 8.53. The van der Waals surface area contributed by atoms with E-state index in [-0.39, 0.29) is 11.6 Å². The van der Waals surface area contributed by atoms with Gasteiger partial charge in [-0.3, -0.25) is 0 Å². The van der Waals surface area contributed by atoms with Crippen molar-refractivity contribution in [3.63, 3.8) is 0 Å². The Balaban J connectivity index is 1.54. The van der Waals surface area contributed by atoms with Crippen molar-refractivity contribution in [1.29, 1.82) is 0 Å². The fourth-order valence-corrected chi connectivity index (χ4v) is 4.22. The number of piperidine rings is 1. The zero-order chi connectivity index (χ0) is 22.8. The number of nitrogens with one attached hydrogen (secondary N) is 1. The maximum atomic E-state index is 13.8. The Labute approximate surface area is 190 Å². The first-order valence-electron chi connectivity index (χ1n) is 11.1. The first-order chi connectivity index (χ1) is 16.1. The number of aromatic nitrogens is 4. The smallest absolute Gasteiger partial charge is 0.225 e. The Morgan fingerprint density at radius 1 is 0.939 bits per heavy atom. The normalized spacial score (nSPS) is 14.6. The van der Waals surface area contributed by atoms with Gasteiger partial charge in [0.05, 0.1) is 16.8 Å². The molecular weight excluding hydrogens is 424 g/mol. The van der Waals surface area contributed by atoms with Crippen LogP contribution in [0, 0.1) is 11.6 Å². The average Bonchev–Trinajstić information content (AvgIpc) is 3.16. The molecule has 0 amide bonds. The maximum Gasteiger partial charge on any atom is 0.225 e. The molecule has 5 rings (SSSR count). The van der Waals surface area contributed by atoms with E-state index < -0.39 is 5.82 Å². The summed E-state index contributed by atoms with van der Waals surface area (Å²) in [6, 6.07) is 12.1. The topological polar surface area (TPSA) is 84.9 Å². The van der Waals surface area contributed by atoms with Gasteiger partial charge >= 0.3 is 0 Å². The van der Waals surface area contributed by atoms with Crippen molar-refractivity contribution in [1.82, 2.24) is 24.6 Å². The van der Waals surface area contributed by atoms with E-state index in [4.69, 9.17) is 10.7 Å². The fraction of sp³-hybridized carbons (Fsp3) is 0.292. The van der Waals surface area contributed by atoms with Crippen molar-refractivity contribution in [3.8, 4) is 16.9 Å². The molecule has 0 aliphatic carbocycles. The molecule has 0 atom stereocenters. The molecule has 1 saturated heterocycles. The Bertz CT molecular complexity index is 1260. The molecule has 3 heterocycles. The predicted molar refractivity (Wildman–Crippen MR) is 125 cm³/mol. The van der Waals surface area contributed by atoms with E-state index >= 15 is 0 Å². The number of fused-ring (bicyclic) bond motifs is 1. The van der Waals surface area contributed by atoms with Crippen molar-refractivity contribution in [3.05, 3.63) is 60.2 Å². The second-order valence-electron chi connectivity index (χ2n) is 8.21. The highest BCUT2D eigenvalue weighted by molar-refractivity contribution is 5.99. The number of nitrogens with two attached hydrogens (primary N) is 1. The van der Waals surface area contributed by atoms with Gasteiger partial charge < -0.3 is 16.0 Å². The lowest BCUT2D eigenvalue weighted by atomic mass is 10.1. The summed E-state index contributed by atoms with van der Waals surface area (Å²) in [6.45, 7) is 3.80. The average molecular weight is 450 g/mol. The molecule has 170 valence electrons. The van der Waals surface area contributed by atoms with Crippen LogP contribution in [-0.4, -0.2) is 50.8 Å². The molecule has 3 N–H and O–H groups in total. The molecule has 4 aromatic rings. The minimum Gasteiger partial charge on any atom is -0.383 e. The zero-order valence-corrected chi connectivity index (χ0v) is 18.1. The zero-order valence-electron chi connectivity index (χ0n) is 18.1. The number of halogens is 2. The maximum absolute atomic E-state index is 13.8. The van der Waals surface area contributed by atoms with Crippen molar-refractivity contribution < 1.29 is 8.78 Å². The molecule has 33 heavy (non-hydrogen) atoms. The van der Waals surface area contributed by atoms with E-state index in [1.54, 1.807) is 24.3 Å². The number of benzene rings is 2. The largest absolute Gasteiger partial charge is 0.383 e. The molecule has 9 heteroatoms. The Morgan fingerprint density at radius 3 is 2.48 bits per heavy atom. The van der Waals surface area contributed by atoms with Crippen LogP contribution in [0.15, 0.2) is 48.5 Å². The van der Waals surface area contributed by atoms with Crippen LogP contribution in [0.1, 0.15) is 19.3 Å². The second-order valence-corrected chi connectivity index (χ2v) is 8.21. The van der Waals surface area contributed by atoms with Gasteiger partial charge in [0.15, 0.2) is 5.65 Å². The standard InChI is InChI=1S/C24H25F2N7/c25-17-9-7-16(8-10-17)21-20-22(27)33(19-6-4-5-18(26)15-19)31-23(20)30-24(29-21)28-11-14-32-12-2-1-3-13-32/h4-10,15H,1-3,11-14,27H2,(H,28,30,31). The van der Waals surface area contributed by atoms with Crippen LogP contribution in [0.25, 0.3) is 28.0 Å². The molecule has 0 radical (unpaired) electrons. The third-order valence-electron chi connectivity index (χ3n) is 5.90. The van der Waals surface area contributed by atoms with Crippen LogP contribution in [0.5, 0.6) is 0 Å². The number of hydrogen-bond donors (Lipinski definition) is 2. The third-order valence-corrected chi connectivity index (χ3v) is 5.90. The fourth-order valence-electron chi connectivity index (χ4n) is 4.22. The molecule has 7 nitrogen and oxygen atoms in total. The molecule has 0 bridgehead atoms. The van der Waals surface area contributed by atoms with E-state index in [2.05, 4.69) is 20.3 Å². The van der Waals surface area contributed by atoms with Crippen LogP contribution < -0.4 is 11.1 Å². The predicted octanol–water partition coefficient (Wildman–Crippen LogP) is 4.24. The molecule has 0 saturated carbocycles. The van der Waals surface area contributed by atoms with E-state index in [0.29, 0.717) is 40.5 Å². The summed E-state index contributed by atoms with van der Waals surface area (Å²) in [7, 11) is 0. The second kappa shape index (κ2) is 9.11. The number of likely N-dealkylation sites (tertiary alicyclic amines) is 1. The number of hydrogen-bond acceptors (Lipinski definition) is 6. The van der Waals surface area contributed by atoms with Crippen molar-refractivity contribution >= 4 is 22.8 Å². The van der Waals surface area contributed by atoms with Crippen LogP contribution in [0.2, 0.25) is 0 Å². The Kier molecular flexibility index (Phi) is 5.87. The van der Waals surface area contributed by atoms with Gasteiger partial charge in [-0.1, -0.05) is 12.5 Å². The quantitative estimate of drug-likeness (QED) is 0.458. The SMILES string of the molecule is Nc1c2c(-c3ccc(F)cc3)nc(NCCN3CCCCC3)nc2nn1-c1cccc(F)c1. The van der Waals surface area contributed by atoms with E-state index in [9.17, 15) is 8.78 Å². The van der Waals surface area contributed by atoms with Crippen molar-refractivity contribution in [2.24, 2.45) is 0 Å². The summed E-state index contributed by atoms with van der Waals surface area (Å²) >= 11 is 0. The molecule has 1 aliphatic heterocycles. The summed E-state index contributed by atoms with van der Waals surface area (Å²) in [4.78, 5) is 11.7. The van der Waals surface area contributed by atoms with Gasteiger partial charge in [-0.25, -0.2) is 18.4 Å². The highest BCUT2D eigenvalue weighted by Gasteiger charge is 2.20. The highest BCUT2D eigenvalue weighted by Crippen LogP contribution is 2.33. The lowest BCUT2D eigenvalue weighted by Gasteiger charge is -2.26. The van der Waals surface area contributed by atoms with Crippen molar-refractivity contribution in [2.45, 2.75) is 19.3 Å². The summed E-state index contributed by atoms with van der Waals surface area (Å²) in [5.74, 6) is -0.0266. The van der Waals surface area contributed by atoms with Gasteiger partial charge in [-0.2, -0.15) is 4.98 Å². The summed E-state index contributed by atoms with van der Waals surface area (Å²) in [6.07, 6.45) is 3.75. The molecule has 1 aliphatic rings. The minimum absolute atomic E-state index is 0.287. The Morgan fingerprint density at radius 2 is 1.73 bits per heavy atom. The molecule has 0 unspecified atom stereocenters. The molecule has 2 aromatic heterocycles. The third kappa shape index (κ3) is 4.49. The van der Waals surface area contributed by atoms with Gasteiger partial charge in [-0.05, 0) is 68.4 Å². The van der Waals surface area contributed by atoms with E-state index in [1.165, 1.54) is 48.2 Å². The number of anilines is 2. The Hall–Kier alpha value is -3.59. The van der Waals surface area contributed by atoms with Gasteiger partial charge in [0.25, 0.3) is 0 Å². The highest BCUT2D eigenvalue weighted by atomic mass is 19.1. The molecule has 2 aromatic carbocycles. The molecule has 0 spiro atoms. The van der Waals surface area contributed by atoms with E-state index in [1.807, 2.05) is 0 Å². The van der Waals surface area contributed by atoms with E-state index in [0.717, 1.165) is 19.6 Å². The summed E-state index contributed by atoms with van der Waals surface area (Å²) < 4.78 is 28.8. The van der Waals surface area contributed by atoms with Crippen LogP contribution in [0.3, 0.4) is 0 Å². The van der Waals surface area contributed by atoms with Crippen LogP contribution in [0.4, 0.5) is 20.5 Å². The first kappa shape index (κ1) is 21.3. The van der Waals surface area contributed by atoms with Gasteiger partial charge in [0.2, 0.25) is 5.95 Å². The first-order valence-corrected chi connectivity index (χ1v) is 11.1. The number of rotatable bonds is 6. The number of nitrogen functional groups attached to an aromatic ring is 1. The summed E-state index contributed by atoms with van der Waals surface area (Å²) in [5, 5.41) is 8.37. The van der Waals surface area contributed by atoms with Gasteiger partial charge in [-0.15, -0.1) is 5.10 Å². The molecule has 1 fully saturated rings. The number of nitrogens with zero attached hydrogens (tertiary/aromatic N) is 5.